The van der Waals surface area contributed by atoms with Crippen molar-refractivity contribution in [3.05, 3.63) is 59.4 Å². The summed E-state index contributed by atoms with van der Waals surface area (Å²) in [5, 5.41) is 5.90. The number of anilines is 1. The van der Waals surface area contributed by atoms with Crippen LogP contribution in [0.25, 0.3) is 0 Å². The molecule has 0 spiro atoms. The van der Waals surface area contributed by atoms with E-state index < -0.39 is 6.04 Å². The molecule has 1 heterocycles. The Morgan fingerprint density at radius 2 is 1.90 bits per heavy atom. The number of nitrogens with zero attached hydrogens (tertiary/aromatic N) is 1. The van der Waals surface area contributed by atoms with Gasteiger partial charge in [-0.05, 0) is 43.3 Å². The Bertz CT molecular complexity index is 629. The monoisotopic (exact) mass is 303 g/mol. The van der Waals surface area contributed by atoms with Crippen LogP contribution in [0.3, 0.4) is 0 Å². The molecule has 2 N–H and O–H groups in total. The van der Waals surface area contributed by atoms with Gasteiger partial charge in [0.05, 0.1) is 5.56 Å². The molecule has 0 bridgehead atoms. The van der Waals surface area contributed by atoms with Crippen molar-refractivity contribution in [2.24, 2.45) is 0 Å². The van der Waals surface area contributed by atoms with Crippen molar-refractivity contribution < 1.29 is 9.59 Å². The van der Waals surface area contributed by atoms with E-state index >= 15 is 0 Å². The second-order valence-electron chi connectivity index (χ2n) is 4.43. The molecule has 21 heavy (non-hydrogen) atoms. The Hall–Kier alpha value is -2.40. The number of hydrogen-bond donors (Lipinski definition) is 2. The Labute approximate surface area is 127 Å². The normalized spacial score (nSPS) is 11.5. The molecule has 108 valence electrons. The van der Waals surface area contributed by atoms with Gasteiger partial charge in [-0.25, -0.2) is 0 Å². The molecule has 0 aliphatic carbocycles. The van der Waals surface area contributed by atoms with Gasteiger partial charge in [0.2, 0.25) is 5.91 Å². The number of amides is 2. The third-order valence-electron chi connectivity index (χ3n) is 2.78. The van der Waals surface area contributed by atoms with Crippen LogP contribution in [0.2, 0.25) is 5.02 Å². The van der Waals surface area contributed by atoms with Gasteiger partial charge >= 0.3 is 0 Å². The largest absolute Gasteiger partial charge is 0.340 e. The van der Waals surface area contributed by atoms with Gasteiger partial charge in [0.1, 0.15) is 6.04 Å². The summed E-state index contributed by atoms with van der Waals surface area (Å²) in [5.74, 6) is -0.656. The van der Waals surface area contributed by atoms with Gasteiger partial charge in [0.25, 0.3) is 5.91 Å². The van der Waals surface area contributed by atoms with Gasteiger partial charge in [-0.15, -0.1) is 0 Å². The lowest BCUT2D eigenvalue weighted by atomic mass is 10.2. The summed E-state index contributed by atoms with van der Waals surface area (Å²) in [6.45, 7) is 1.61. The molecule has 2 amide bonds. The van der Waals surface area contributed by atoms with E-state index in [9.17, 15) is 9.59 Å². The van der Waals surface area contributed by atoms with Crippen LogP contribution in [0.15, 0.2) is 48.8 Å². The van der Waals surface area contributed by atoms with Gasteiger partial charge in [-0.2, -0.15) is 0 Å². The van der Waals surface area contributed by atoms with E-state index in [4.69, 9.17) is 11.6 Å². The number of aromatic nitrogens is 1. The topological polar surface area (TPSA) is 71.1 Å². The number of hydrogen-bond acceptors (Lipinski definition) is 3. The Kier molecular flexibility index (Phi) is 4.90. The minimum atomic E-state index is -0.673. The molecular weight excluding hydrogens is 290 g/mol. The Morgan fingerprint density at radius 3 is 2.52 bits per heavy atom. The molecule has 0 saturated carbocycles. The van der Waals surface area contributed by atoms with Gasteiger partial charge in [0, 0.05) is 23.1 Å². The van der Waals surface area contributed by atoms with E-state index in [1.54, 1.807) is 49.5 Å². The van der Waals surface area contributed by atoms with Gasteiger partial charge in [-0.3, -0.25) is 14.6 Å². The van der Waals surface area contributed by atoms with Crippen molar-refractivity contribution in [3.63, 3.8) is 0 Å². The lowest BCUT2D eigenvalue weighted by molar-refractivity contribution is -0.117. The maximum absolute atomic E-state index is 12.0. The molecule has 2 rings (SSSR count). The quantitative estimate of drug-likeness (QED) is 0.911. The van der Waals surface area contributed by atoms with Crippen LogP contribution in [0.1, 0.15) is 17.3 Å². The van der Waals surface area contributed by atoms with E-state index in [1.165, 1.54) is 6.20 Å². The minimum Gasteiger partial charge on any atom is -0.340 e. The summed E-state index contributed by atoms with van der Waals surface area (Å²) in [6, 6.07) is 9.35. The highest BCUT2D eigenvalue weighted by Crippen LogP contribution is 2.13. The SMILES string of the molecule is C[C@@H](NC(=O)c1cccnc1)C(=O)Nc1ccc(Cl)cc1. The zero-order chi connectivity index (χ0) is 15.2. The number of halogens is 1. The van der Waals surface area contributed by atoms with Crippen molar-refractivity contribution in [2.75, 3.05) is 5.32 Å². The predicted molar refractivity (Wildman–Crippen MR) is 81.2 cm³/mol. The first-order valence-electron chi connectivity index (χ1n) is 6.33. The van der Waals surface area contributed by atoms with Crippen molar-refractivity contribution >= 4 is 29.1 Å². The fourth-order valence-electron chi connectivity index (χ4n) is 1.63. The maximum atomic E-state index is 12.0. The second kappa shape index (κ2) is 6.85. The number of benzene rings is 1. The second-order valence-corrected chi connectivity index (χ2v) is 4.87. The fraction of sp³-hybridized carbons (Fsp3) is 0.133. The third kappa shape index (κ3) is 4.29. The van der Waals surface area contributed by atoms with Crippen molar-refractivity contribution in [2.45, 2.75) is 13.0 Å². The van der Waals surface area contributed by atoms with Gasteiger partial charge < -0.3 is 10.6 Å². The highest BCUT2D eigenvalue weighted by molar-refractivity contribution is 6.30. The van der Waals surface area contributed by atoms with Crippen LogP contribution in [0, 0.1) is 0 Å². The molecule has 2 aromatic rings. The summed E-state index contributed by atoms with van der Waals surface area (Å²) in [5.41, 5.74) is 1.02. The first-order valence-corrected chi connectivity index (χ1v) is 6.71. The van der Waals surface area contributed by atoms with Gasteiger partial charge in [-0.1, -0.05) is 11.6 Å². The summed E-state index contributed by atoms with van der Waals surface area (Å²) < 4.78 is 0. The number of nitrogens with one attached hydrogen (secondary N) is 2. The summed E-state index contributed by atoms with van der Waals surface area (Å²) in [7, 11) is 0. The molecule has 6 heteroatoms. The van der Waals surface area contributed by atoms with Crippen LogP contribution in [-0.4, -0.2) is 22.8 Å². The van der Waals surface area contributed by atoms with E-state index in [1.807, 2.05) is 0 Å². The molecule has 0 aliphatic rings. The van der Waals surface area contributed by atoms with Crippen LogP contribution in [0.5, 0.6) is 0 Å². The van der Waals surface area contributed by atoms with E-state index in [-0.39, 0.29) is 11.8 Å². The van der Waals surface area contributed by atoms with Gasteiger partial charge in [0.15, 0.2) is 0 Å². The molecule has 1 atom stereocenters. The predicted octanol–water partition coefficient (Wildman–Crippen LogP) is 2.49. The smallest absolute Gasteiger partial charge is 0.253 e. The van der Waals surface area contributed by atoms with E-state index in [0.29, 0.717) is 16.3 Å². The summed E-state index contributed by atoms with van der Waals surface area (Å²) in [6.07, 6.45) is 3.02. The Morgan fingerprint density at radius 1 is 1.19 bits per heavy atom. The number of rotatable bonds is 4. The highest BCUT2D eigenvalue weighted by atomic mass is 35.5. The zero-order valence-corrected chi connectivity index (χ0v) is 12.1. The standard InChI is InChI=1S/C15H14ClN3O2/c1-10(18-15(21)11-3-2-8-17-9-11)14(20)19-13-6-4-12(16)5-7-13/h2-10H,1H3,(H,18,21)(H,19,20)/t10-/m1/s1. The van der Waals surface area contributed by atoms with E-state index in [2.05, 4.69) is 15.6 Å². The van der Waals surface area contributed by atoms with Crippen molar-refractivity contribution in [1.29, 1.82) is 0 Å². The maximum Gasteiger partial charge on any atom is 0.253 e. The summed E-state index contributed by atoms with van der Waals surface area (Å²) >= 11 is 5.77. The van der Waals surface area contributed by atoms with Crippen LogP contribution in [-0.2, 0) is 4.79 Å². The first kappa shape index (κ1) is 15.0. The fourth-order valence-corrected chi connectivity index (χ4v) is 1.75. The lowest BCUT2D eigenvalue weighted by Crippen LogP contribution is -2.41. The lowest BCUT2D eigenvalue weighted by Gasteiger charge is -2.14. The van der Waals surface area contributed by atoms with Crippen LogP contribution < -0.4 is 10.6 Å². The average Bonchev–Trinajstić information content (AvgIpc) is 2.50. The zero-order valence-electron chi connectivity index (χ0n) is 11.3. The number of carbonyl (C=O) groups is 2. The molecule has 0 aliphatic heterocycles. The number of pyridine rings is 1. The average molecular weight is 304 g/mol. The molecular formula is C15H14ClN3O2. The van der Waals surface area contributed by atoms with Crippen molar-refractivity contribution in [3.8, 4) is 0 Å². The molecule has 0 radical (unpaired) electrons. The van der Waals surface area contributed by atoms with Crippen molar-refractivity contribution in [1.82, 2.24) is 10.3 Å². The first-order chi connectivity index (χ1) is 10.1. The van der Waals surface area contributed by atoms with E-state index in [0.717, 1.165) is 0 Å². The molecule has 5 nitrogen and oxygen atoms in total. The van der Waals surface area contributed by atoms with Crippen LogP contribution in [0.4, 0.5) is 5.69 Å². The highest BCUT2D eigenvalue weighted by Gasteiger charge is 2.16. The van der Waals surface area contributed by atoms with Crippen LogP contribution >= 0.6 is 11.6 Å². The summed E-state index contributed by atoms with van der Waals surface area (Å²) in [4.78, 5) is 27.8. The molecule has 1 aromatic heterocycles. The molecule has 0 fully saturated rings. The molecule has 0 saturated heterocycles. The molecule has 0 unspecified atom stereocenters. The molecule has 1 aromatic carbocycles. The third-order valence-corrected chi connectivity index (χ3v) is 3.03. The minimum absolute atomic E-state index is 0.311. The Balaban J connectivity index is 1.93. The number of carbonyl (C=O) groups excluding carboxylic acids is 2.